The van der Waals surface area contributed by atoms with Gasteiger partial charge in [-0.25, -0.2) is 0 Å². The Kier molecular flexibility index (Phi) is 5.83. The summed E-state index contributed by atoms with van der Waals surface area (Å²) in [5.41, 5.74) is 0.914. The van der Waals surface area contributed by atoms with Gasteiger partial charge in [-0.1, -0.05) is 12.1 Å². The summed E-state index contributed by atoms with van der Waals surface area (Å²) in [6.45, 7) is -2.71. The Morgan fingerprint density at radius 3 is 2.68 bits per heavy atom. The largest absolute Gasteiger partial charge is 0.435 e. The molecule has 0 atom stereocenters. The Balaban J connectivity index is 2.20. The van der Waals surface area contributed by atoms with Crippen molar-refractivity contribution >= 4 is 17.3 Å². The van der Waals surface area contributed by atoms with Crippen LogP contribution in [-0.2, 0) is 6.54 Å². The molecule has 0 spiro atoms. The zero-order valence-electron chi connectivity index (χ0n) is 13.2. The van der Waals surface area contributed by atoms with Gasteiger partial charge >= 0.3 is 6.61 Å². The van der Waals surface area contributed by atoms with E-state index in [-0.39, 0.29) is 23.5 Å². The Morgan fingerprint density at radius 2 is 2.04 bits per heavy atom. The predicted octanol–water partition coefficient (Wildman–Crippen LogP) is 3.17. The van der Waals surface area contributed by atoms with Crippen LogP contribution in [0.15, 0.2) is 42.5 Å². The number of nitrogens with one attached hydrogen (secondary N) is 2. The number of hydrogen-bond acceptors (Lipinski definition) is 5. The first-order valence-corrected chi connectivity index (χ1v) is 7.19. The predicted molar refractivity (Wildman–Crippen MR) is 86.9 cm³/mol. The van der Waals surface area contributed by atoms with Gasteiger partial charge in [0.2, 0.25) is 0 Å². The molecule has 0 aliphatic carbocycles. The van der Waals surface area contributed by atoms with Crippen LogP contribution in [0.25, 0.3) is 0 Å². The van der Waals surface area contributed by atoms with Crippen LogP contribution in [0.1, 0.15) is 15.9 Å². The molecule has 0 radical (unpaired) electrons. The fourth-order valence-corrected chi connectivity index (χ4v) is 2.15. The third kappa shape index (κ3) is 4.87. The average Bonchev–Trinajstić information content (AvgIpc) is 2.58. The van der Waals surface area contributed by atoms with Gasteiger partial charge in [-0.2, -0.15) is 8.78 Å². The van der Waals surface area contributed by atoms with Crippen molar-refractivity contribution in [2.75, 3.05) is 12.4 Å². The third-order valence-corrected chi connectivity index (χ3v) is 3.29. The number of amides is 1. The average molecular weight is 351 g/mol. The summed E-state index contributed by atoms with van der Waals surface area (Å²) in [7, 11) is 1.41. The fraction of sp³-hybridized carbons (Fsp3) is 0.188. The molecule has 0 aromatic heterocycles. The van der Waals surface area contributed by atoms with Crippen molar-refractivity contribution in [3.8, 4) is 5.75 Å². The van der Waals surface area contributed by atoms with E-state index in [1.807, 2.05) is 0 Å². The Hall–Kier alpha value is -3.23. The highest BCUT2D eigenvalue weighted by Gasteiger charge is 2.16. The number of carbonyl (C=O) groups excluding carboxylic acids is 1. The molecule has 2 aromatic rings. The SMILES string of the molecule is CNC(=O)c1cc([N+](=O)[O-])ccc1NCc1cccc(OC(F)F)c1. The number of rotatable bonds is 7. The van der Waals surface area contributed by atoms with Crippen molar-refractivity contribution < 1.29 is 23.2 Å². The summed E-state index contributed by atoms with van der Waals surface area (Å²) in [6.07, 6.45) is 0. The molecule has 2 N–H and O–H groups in total. The summed E-state index contributed by atoms with van der Waals surface area (Å²) in [5.74, 6) is -0.467. The van der Waals surface area contributed by atoms with Crippen LogP contribution in [0.5, 0.6) is 5.75 Å². The standard InChI is InChI=1S/C16H15F2N3O4/c1-19-15(22)13-8-11(21(23)24)5-6-14(13)20-9-10-3-2-4-12(7-10)25-16(17)18/h2-8,16,20H,9H2,1H3,(H,19,22). The summed E-state index contributed by atoms with van der Waals surface area (Å²) in [4.78, 5) is 22.2. The Bertz CT molecular complexity index is 784. The fourth-order valence-electron chi connectivity index (χ4n) is 2.15. The molecule has 0 heterocycles. The van der Waals surface area contributed by atoms with Gasteiger partial charge in [0, 0.05) is 31.4 Å². The van der Waals surface area contributed by atoms with Gasteiger partial charge in [-0.15, -0.1) is 0 Å². The van der Waals surface area contributed by atoms with Crippen LogP contribution in [0, 0.1) is 10.1 Å². The van der Waals surface area contributed by atoms with Crippen molar-refractivity contribution in [2.24, 2.45) is 0 Å². The number of nitro groups is 1. The zero-order valence-corrected chi connectivity index (χ0v) is 13.2. The Labute approximate surface area is 141 Å². The molecule has 2 rings (SSSR count). The molecule has 132 valence electrons. The molecular formula is C16H15F2N3O4. The number of non-ortho nitro benzene ring substituents is 1. The molecule has 9 heteroatoms. The molecule has 0 bridgehead atoms. The third-order valence-electron chi connectivity index (χ3n) is 3.29. The van der Waals surface area contributed by atoms with E-state index in [0.717, 1.165) is 6.07 Å². The van der Waals surface area contributed by atoms with Crippen LogP contribution in [0.2, 0.25) is 0 Å². The maximum absolute atomic E-state index is 12.2. The second kappa shape index (κ2) is 8.04. The first-order chi connectivity index (χ1) is 11.9. The Morgan fingerprint density at radius 1 is 1.28 bits per heavy atom. The highest BCUT2D eigenvalue weighted by Crippen LogP contribution is 2.23. The number of ether oxygens (including phenoxy) is 1. The normalized spacial score (nSPS) is 10.4. The highest BCUT2D eigenvalue weighted by molar-refractivity contribution is 6.00. The van der Waals surface area contributed by atoms with Crippen molar-refractivity contribution in [1.29, 1.82) is 0 Å². The molecular weight excluding hydrogens is 336 g/mol. The molecule has 7 nitrogen and oxygen atoms in total. The molecule has 0 fully saturated rings. The maximum atomic E-state index is 12.2. The van der Waals surface area contributed by atoms with E-state index in [1.165, 1.54) is 31.3 Å². The first-order valence-electron chi connectivity index (χ1n) is 7.19. The quantitative estimate of drug-likeness (QED) is 0.590. The van der Waals surface area contributed by atoms with Crippen LogP contribution in [0.3, 0.4) is 0 Å². The number of alkyl halides is 2. The smallest absolute Gasteiger partial charge is 0.387 e. The second-order valence-electron chi connectivity index (χ2n) is 4.95. The minimum absolute atomic E-state index is 0.0181. The zero-order chi connectivity index (χ0) is 18.4. The van der Waals surface area contributed by atoms with Crippen molar-refractivity contribution in [2.45, 2.75) is 13.2 Å². The van der Waals surface area contributed by atoms with E-state index in [4.69, 9.17) is 0 Å². The van der Waals surface area contributed by atoms with Crippen LogP contribution < -0.4 is 15.4 Å². The number of anilines is 1. The number of benzene rings is 2. The van der Waals surface area contributed by atoms with E-state index < -0.39 is 17.4 Å². The number of hydrogen-bond donors (Lipinski definition) is 2. The molecule has 0 saturated heterocycles. The van der Waals surface area contributed by atoms with Gasteiger partial charge in [0.1, 0.15) is 5.75 Å². The molecule has 2 aromatic carbocycles. The monoisotopic (exact) mass is 351 g/mol. The molecule has 0 aliphatic heterocycles. The minimum atomic E-state index is -2.92. The van der Waals surface area contributed by atoms with E-state index >= 15 is 0 Å². The lowest BCUT2D eigenvalue weighted by Crippen LogP contribution is -2.20. The molecule has 0 aliphatic rings. The highest BCUT2D eigenvalue weighted by atomic mass is 19.3. The van der Waals surface area contributed by atoms with Crippen molar-refractivity contribution in [1.82, 2.24) is 5.32 Å². The summed E-state index contributed by atoms with van der Waals surface area (Å²) < 4.78 is 28.8. The topological polar surface area (TPSA) is 93.5 Å². The maximum Gasteiger partial charge on any atom is 0.387 e. The van der Waals surface area contributed by atoms with Gasteiger partial charge in [0.05, 0.1) is 10.5 Å². The van der Waals surface area contributed by atoms with Gasteiger partial charge in [0.15, 0.2) is 0 Å². The molecule has 0 saturated carbocycles. The number of nitro benzene ring substituents is 1. The van der Waals surface area contributed by atoms with E-state index in [2.05, 4.69) is 15.4 Å². The number of nitrogens with zero attached hydrogens (tertiary/aromatic N) is 1. The lowest BCUT2D eigenvalue weighted by atomic mass is 10.1. The van der Waals surface area contributed by atoms with Gasteiger partial charge in [0.25, 0.3) is 11.6 Å². The van der Waals surface area contributed by atoms with Crippen molar-refractivity contribution in [3.05, 3.63) is 63.7 Å². The van der Waals surface area contributed by atoms with E-state index in [9.17, 15) is 23.7 Å². The number of halogens is 2. The van der Waals surface area contributed by atoms with Crippen LogP contribution >= 0.6 is 0 Å². The van der Waals surface area contributed by atoms with Gasteiger partial charge in [-0.05, 0) is 23.8 Å². The summed E-state index contributed by atoms with van der Waals surface area (Å²) in [5, 5.41) is 16.2. The molecule has 25 heavy (non-hydrogen) atoms. The summed E-state index contributed by atoms with van der Waals surface area (Å²) in [6, 6.07) is 9.94. The molecule has 0 unspecified atom stereocenters. The van der Waals surface area contributed by atoms with Crippen molar-refractivity contribution in [3.63, 3.8) is 0 Å². The molecule has 1 amide bonds. The number of carbonyl (C=O) groups is 1. The van der Waals surface area contributed by atoms with Crippen LogP contribution in [-0.4, -0.2) is 24.5 Å². The summed E-state index contributed by atoms with van der Waals surface area (Å²) >= 11 is 0. The van der Waals surface area contributed by atoms with E-state index in [1.54, 1.807) is 12.1 Å². The van der Waals surface area contributed by atoms with Gasteiger partial charge in [-0.3, -0.25) is 14.9 Å². The minimum Gasteiger partial charge on any atom is -0.435 e. The second-order valence-corrected chi connectivity index (χ2v) is 4.95. The van der Waals surface area contributed by atoms with Gasteiger partial charge < -0.3 is 15.4 Å². The lowest BCUT2D eigenvalue weighted by Gasteiger charge is -2.12. The van der Waals surface area contributed by atoms with E-state index in [0.29, 0.717) is 11.3 Å². The first kappa shape index (κ1) is 18.1. The van der Waals surface area contributed by atoms with Crippen LogP contribution in [0.4, 0.5) is 20.2 Å². The lowest BCUT2D eigenvalue weighted by molar-refractivity contribution is -0.384.